The molecule has 134 valence electrons. The molecule has 2 rings (SSSR count). The van der Waals surface area contributed by atoms with Crippen LogP contribution in [0, 0.1) is 0 Å². The van der Waals surface area contributed by atoms with Crippen molar-refractivity contribution in [3.05, 3.63) is 58.0 Å². The summed E-state index contributed by atoms with van der Waals surface area (Å²) in [5.74, 6) is 0.501. The van der Waals surface area contributed by atoms with E-state index < -0.39 is 0 Å². The van der Waals surface area contributed by atoms with E-state index in [1.165, 1.54) is 16.8 Å². The predicted octanol–water partition coefficient (Wildman–Crippen LogP) is 2.93. The third-order valence-electron chi connectivity index (χ3n) is 3.86. The quantitative estimate of drug-likeness (QED) is 0.800. The predicted molar refractivity (Wildman–Crippen MR) is 96.9 cm³/mol. The van der Waals surface area contributed by atoms with Crippen LogP contribution in [-0.2, 0) is 6.54 Å². The second kappa shape index (κ2) is 9.01. The molecule has 0 saturated heterocycles. The smallest absolute Gasteiger partial charge is 0.272 e. The van der Waals surface area contributed by atoms with Gasteiger partial charge in [-0.2, -0.15) is 5.10 Å². The van der Waals surface area contributed by atoms with Gasteiger partial charge in [0.05, 0.1) is 12.6 Å². The van der Waals surface area contributed by atoms with Crippen molar-refractivity contribution in [1.29, 1.82) is 0 Å². The van der Waals surface area contributed by atoms with Crippen molar-refractivity contribution < 1.29 is 9.53 Å². The molecular formula is C19H25N3O3. The molecule has 1 heterocycles. The largest absolute Gasteiger partial charge is 0.494 e. The number of nitrogens with one attached hydrogen (secondary N) is 1. The Balaban J connectivity index is 2.06. The molecule has 0 saturated carbocycles. The number of hydrogen-bond donors (Lipinski definition) is 1. The van der Waals surface area contributed by atoms with Crippen molar-refractivity contribution in [2.24, 2.45) is 0 Å². The van der Waals surface area contributed by atoms with Gasteiger partial charge in [0.1, 0.15) is 11.4 Å². The number of ether oxygens (including phenoxy) is 1. The molecule has 0 aliphatic rings. The number of hydrogen-bond acceptors (Lipinski definition) is 4. The van der Waals surface area contributed by atoms with Gasteiger partial charge in [-0.1, -0.05) is 25.5 Å². The van der Waals surface area contributed by atoms with Crippen LogP contribution in [0.5, 0.6) is 5.75 Å². The lowest BCUT2D eigenvalue weighted by molar-refractivity contribution is 0.0932. The normalized spacial score (nSPS) is 11.8. The number of amides is 1. The van der Waals surface area contributed by atoms with Crippen LogP contribution < -0.4 is 15.6 Å². The van der Waals surface area contributed by atoms with E-state index in [0.29, 0.717) is 13.2 Å². The fraction of sp³-hybridized carbons (Fsp3) is 0.421. The fourth-order valence-electron chi connectivity index (χ4n) is 2.41. The monoisotopic (exact) mass is 343 g/mol. The van der Waals surface area contributed by atoms with Gasteiger partial charge in [0, 0.05) is 12.6 Å². The SMILES string of the molecule is CCCCn1nc(C(=O)NC(C)c2ccc(OCC)cc2)ccc1=O. The third kappa shape index (κ3) is 5.17. The first kappa shape index (κ1) is 18.7. The highest BCUT2D eigenvalue weighted by Gasteiger charge is 2.14. The van der Waals surface area contributed by atoms with Gasteiger partial charge >= 0.3 is 0 Å². The molecule has 0 aliphatic heterocycles. The first-order valence-electron chi connectivity index (χ1n) is 8.67. The van der Waals surface area contributed by atoms with E-state index in [9.17, 15) is 9.59 Å². The van der Waals surface area contributed by atoms with Crippen LogP contribution in [0.4, 0.5) is 0 Å². The molecule has 1 atom stereocenters. The maximum Gasteiger partial charge on any atom is 0.272 e. The zero-order valence-electron chi connectivity index (χ0n) is 15.0. The molecule has 0 bridgehead atoms. The first-order valence-corrected chi connectivity index (χ1v) is 8.67. The van der Waals surface area contributed by atoms with Gasteiger partial charge in [0.15, 0.2) is 0 Å². The average molecular weight is 343 g/mol. The molecule has 6 heteroatoms. The van der Waals surface area contributed by atoms with Crippen LogP contribution in [0.2, 0.25) is 0 Å². The van der Waals surface area contributed by atoms with Gasteiger partial charge in [0.25, 0.3) is 11.5 Å². The van der Waals surface area contributed by atoms with Crippen molar-refractivity contribution in [2.75, 3.05) is 6.61 Å². The molecule has 0 spiro atoms. The number of aromatic nitrogens is 2. The third-order valence-corrected chi connectivity index (χ3v) is 3.86. The van der Waals surface area contributed by atoms with Gasteiger partial charge in [-0.3, -0.25) is 9.59 Å². The van der Waals surface area contributed by atoms with Crippen molar-refractivity contribution in [3.63, 3.8) is 0 Å². The standard InChI is InChI=1S/C19H25N3O3/c1-4-6-13-22-18(23)12-11-17(21-22)19(24)20-14(3)15-7-9-16(10-8-15)25-5-2/h7-12,14H,4-6,13H2,1-3H3,(H,20,24). The summed E-state index contributed by atoms with van der Waals surface area (Å²) in [5, 5.41) is 7.08. The van der Waals surface area contributed by atoms with Crippen LogP contribution >= 0.6 is 0 Å². The lowest BCUT2D eigenvalue weighted by Crippen LogP contribution is -2.31. The Morgan fingerprint density at radius 3 is 2.56 bits per heavy atom. The lowest BCUT2D eigenvalue weighted by atomic mass is 10.1. The summed E-state index contributed by atoms with van der Waals surface area (Å²) in [6.45, 7) is 7.01. The van der Waals surface area contributed by atoms with Crippen LogP contribution in [-0.4, -0.2) is 22.3 Å². The van der Waals surface area contributed by atoms with E-state index in [-0.39, 0.29) is 23.2 Å². The molecule has 6 nitrogen and oxygen atoms in total. The van der Waals surface area contributed by atoms with Crippen molar-refractivity contribution in [2.45, 2.75) is 46.2 Å². The molecule has 0 radical (unpaired) electrons. The Labute approximate surface area is 147 Å². The highest BCUT2D eigenvalue weighted by Crippen LogP contribution is 2.17. The zero-order chi connectivity index (χ0) is 18.2. The van der Waals surface area contributed by atoms with E-state index in [1.807, 2.05) is 45.0 Å². The minimum absolute atomic E-state index is 0.180. The second-order valence-electron chi connectivity index (χ2n) is 5.83. The summed E-state index contributed by atoms with van der Waals surface area (Å²) >= 11 is 0. The topological polar surface area (TPSA) is 73.2 Å². The van der Waals surface area contributed by atoms with Crippen LogP contribution in [0.3, 0.4) is 0 Å². The molecule has 1 N–H and O–H groups in total. The Bertz CT molecular complexity index is 753. The van der Waals surface area contributed by atoms with Crippen molar-refractivity contribution in [1.82, 2.24) is 15.1 Å². The number of aryl methyl sites for hydroxylation is 1. The number of unbranched alkanes of at least 4 members (excludes halogenated alkanes) is 1. The van der Waals surface area contributed by atoms with Crippen LogP contribution in [0.15, 0.2) is 41.2 Å². The Hall–Kier alpha value is -2.63. The van der Waals surface area contributed by atoms with Gasteiger partial charge in [-0.05, 0) is 44.0 Å². The summed E-state index contributed by atoms with van der Waals surface area (Å²) < 4.78 is 6.77. The van der Waals surface area contributed by atoms with E-state index >= 15 is 0 Å². The summed E-state index contributed by atoms with van der Waals surface area (Å²) in [7, 11) is 0. The Morgan fingerprint density at radius 1 is 1.20 bits per heavy atom. The van der Waals surface area contributed by atoms with Gasteiger partial charge in [-0.25, -0.2) is 4.68 Å². The molecule has 1 unspecified atom stereocenters. The van der Waals surface area contributed by atoms with Crippen molar-refractivity contribution >= 4 is 5.91 Å². The highest BCUT2D eigenvalue weighted by atomic mass is 16.5. The number of benzene rings is 1. The van der Waals surface area contributed by atoms with Gasteiger partial charge < -0.3 is 10.1 Å². The van der Waals surface area contributed by atoms with Crippen LogP contribution in [0.1, 0.15) is 55.7 Å². The molecule has 2 aromatic rings. The molecule has 1 aromatic carbocycles. The summed E-state index contributed by atoms with van der Waals surface area (Å²) in [5.41, 5.74) is 1.02. The molecule has 25 heavy (non-hydrogen) atoms. The fourth-order valence-corrected chi connectivity index (χ4v) is 2.41. The first-order chi connectivity index (χ1) is 12.0. The van der Waals surface area contributed by atoms with E-state index in [0.717, 1.165) is 24.2 Å². The van der Waals surface area contributed by atoms with E-state index in [2.05, 4.69) is 10.4 Å². The molecule has 0 aliphatic carbocycles. The molecular weight excluding hydrogens is 318 g/mol. The Kier molecular flexibility index (Phi) is 6.74. The lowest BCUT2D eigenvalue weighted by Gasteiger charge is -2.15. The number of carbonyl (C=O) groups excluding carboxylic acids is 1. The minimum atomic E-state index is -0.299. The summed E-state index contributed by atoms with van der Waals surface area (Å²) in [6, 6.07) is 10.3. The van der Waals surface area contributed by atoms with Gasteiger partial charge in [-0.15, -0.1) is 0 Å². The minimum Gasteiger partial charge on any atom is -0.494 e. The van der Waals surface area contributed by atoms with Crippen molar-refractivity contribution in [3.8, 4) is 5.75 Å². The summed E-state index contributed by atoms with van der Waals surface area (Å²) in [6.07, 6.45) is 1.81. The maximum atomic E-state index is 12.4. The number of nitrogens with zero attached hydrogens (tertiary/aromatic N) is 2. The highest BCUT2D eigenvalue weighted by molar-refractivity contribution is 5.92. The molecule has 0 fully saturated rings. The van der Waals surface area contributed by atoms with Gasteiger partial charge in [0.2, 0.25) is 0 Å². The number of rotatable bonds is 8. The number of carbonyl (C=O) groups is 1. The average Bonchev–Trinajstić information content (AvgIpc) is 2.61. The van der Waals surface area contributed by atoms with E-state index in [1.54, 1.807) is 0 Å². The van der Waals surface area contributed by atoms with Crippen LogP contribution in [0.25, 0.3) is 0 Å². The summed E-state index contributed by atoms with van der Waals surface area (Å²) in [4.78, 5) is 24.2. The molecule has 1 amide bonds. The molecule has 1 aromatic heterocycles. The van der Waals surface area contributed by atoms with E-state index in [4.69, 9.17) is 4.74 Å². The maximum absolute atomic E-state index is 12.4. The zero-order valence-corrected chi connectivity index (χ0v) is 15.0. The second-order valence-corrected chi connectivity index (χ2v) is 5.83. The Morgan fingerprint density at radius 2 is 1.92 bits per heavy atom.